The van der Waals surface area contributed by atoms with Gasteiger partial charge >= 0.3 is 12.1 Å². The molecule has 128 valence electrons. The highest BCUT2D eigenvalue weighted by atomic mass is 19.4. The van der Waals surface area contributed by atoms with Gasteiger partial charge in [-0.25, -0.2) is 4.79 Å². The normalized spacial score (nSPS) is 11.5. The Morgan fingerprint density at radius 2 is 1.76 bits per heavy atom. The van der Waals surface area contributed by atoms with E-state index in [1.807, 2.05) is 0 Å². The topological polar surface area (TPSA) is 96.5 Å². The second-order valence-corrected chi connectivity index (χ2v) is 5.01. The summed E-state index contributed by atoms with van der Waals surface area (Å²) < 4.78 is 42.7. The van der Waals surface area contributed by atoms with Crippen LogP contribution in [0.3, 0.4) is 0 Å². The number of halogens is 3. The van der Waals surface area contributed by atoms with Gasteiger partial charge in [-0.3, -0.25) is 0 Å². The number of alkyl halides is 3. The first-order valence-electron chi connectivity index (χ1n) is 6.84. The standard InChI is InChI=1S/C16H9F3N2O4/c17-16(18,19)9-6-4-8(5-7-9)14-20-13(21-25-14)10-2-1-3-11(12(10)22)15(23)24/h1-7,22H,(H,23,24). The van der Waals surface area contributed by atoms with Gasteiger partial charge < -0.3 is 14.7 Å². The van der Waals surface area contributed by atoms with E-state index in [1.165, 1.54) is 30.3 Å². The molecule has 1 aromatic heterocycles. The molecule has 0 aliphatic rings. The first-order valence-corrected chi connectivity index (χ1v) is 6.84. The van der Waals surface area contributed by atoms with Gasteiger partial charge in [0.1, 0.15) is 11.3 Å². The van der Waals surface area contributed by atoms with E-state index in [-0.39, 0.29) is 28.4 Å². The van der Waals surface area contributed by atoms with Crippen LogP contribution in [0.4, 0.5) is 13.2 Å². The van der Waals surface area contributed by atoms with Crippen LogP contribution in [0, 0.1) is 0 Å². The summed E-state index contributed by atoms with van der Waals surface area (Å²) in [6, 6.07) is 8.10. The van der Waals surface area contributed by atoms with E-state index in [2.05, 4.69) is 10.1 Å². The quantitative estimate of drug-likeness (QED) is 0.745. The fraction of sp³-hybridized carbons (Fsp3) is 0.0625. The number of carbonyl (C=O) groups is 1. The lowest BCUT2D eigenvalue weighted by atomic mass is 10.1. The number of para-hydroxylation sites is 1. The molecule has 6 nitrogen and oxygen atoms in total. The van der Waals surface area contributed by atoms with Gasteiger partial charge in [-0.15, -0.1) is 0 Å². The molecule has 2 N–H and O–H groups in total. The molecule has 9 heteroatoms. The summed E-state index contributed by atoms with van der Waals surface area (Å²) in [5.74, 6) is -2.01. The largest absolute Gasteiger partial charge is 0.506 e. The van der Waals surface area contributed by atoms with Crippen LogP contribution in [-0.2, 0) is 6.18 Å². The molecule has 3 rings (SSSR count). The van der Waals surface area contributed by atoms with E-state index in [4.69, 9.17) is 9.63 Å². The highest BCUT2D eigenvalue weighted by molar-refractivity contribution is 5.93. The number of aromatic carboxylic acids is 1. The van der Waals surface area contributed by atoms with Gasteiger partial charge in [-0.05, 0) is 36.4 Å². The maximum atomic E-state index is 12.6. The Morgan fingerprint density at radius 3 is 2.36 bits per heavy atom. The molecule has 2 aromatic carbocycles. The van der Waals surface area contributed by atoms with Crippen LogP contribution in [0.5, 0.6) is 5.75 Å². The van der Waals surface area contributed by atoms with Crippen LogP contribution in [0.2, 0.25) is 0 Å². The summed E-state index contributed by atoms with van der Waals surface area (Å²) in [6.07, 6.45) is -4.46. The Labute approximate surface area is 138 Å². The van der Waals surface area contributed by atoms with Crippen molar-refractivity contribution in [3.05, 3.63) is 53.6 Å². The Morgan fingerprint density at radius 1 is 1.08 bits per heavy atom. The molecule has 0 radical (unpaired) electrons. The van der Waals surface area contributed by atoms with Gasteiger partial charge in [0, 0.05) is 5.56 Å². The van der Waals surface area contributed by atoms with Crippen LogP contribution >= 0.6 is 0 Å². The monoisotopic (exact) mass is 350 g/mol. The number of aromatic hydroxyl groups is 1. The summed E-state index contributed by atoms with van der Waals surface area (Å²) in [4.78, 5) is 15.0. The summed E-state index contributed by atoms with van der Waals surface area (Å²) in [7, 11) is 0. The molecule has 0 unspecified atom stereocenters. The van der Waals surface area contributed by atoms with Gasteiger partial charge in [-0.1, -0.05) is 11.2 Å². The molecule has 0 atom stereocenters. The van der Waals surface area contributed by atoms with Crippen molar-refractivity contribution in [1.82, 2.24) is 10.1 Å². The predicted octanol–water partition coefficient (Wildman–Crippen LogP) is 3.83. The van der Waals surface area contributed by atoms with E-state index >= 15 is 0 Å². The number of hydrogen-bond acceptors (Lipinski definition) is 5. The average Bonchev–Trinajstić information content (AvgIpc) is 3.04. The third kappa shape index (κ3) is 3.16. The number of nitrogens with zero attached hydrogens (tertiary/aromatic N) is 2. The average molecular weight is 350 g/mol. The SMILES string of the molecule is O=C(O)c1cccc(-c2noc(-c3ccc(C(F)(F)F)cc3)n2)c1O. The van der Waals surface area contributed by atoms with Gasteiger partial charge in [0.25, 0.3) is 5.89 Å². The highest BCUT2D eigenvalue weighted by Crippen LogP contribution is 2.33. The van der Waals surface area contributed by atoms with Crippen molar-refractivity contribution < 1.29 is 32.7 Å². The van der Waals surface area contributed by atoms with E-state index in [9.17, 15) is 23.1 Å². The minimum atomic E-state index is -4.46. The number of hydrogen-bond donors (Lipinski definition) is 2. The molecular weight excluding hydrogens is 341 g/mol. The van der Waals surface area contributed by atoms with E-state index in [0.717, 1.165) is 12.1 Å². The van der Waals surface area contributed by atoms with E-state index in [1.54, 1.807) is 0 Å². The second kappa shape index (κ2) is 5.93. The van der Waals surface area contributed by atoms with Crippen LogP contribution < -0.4 is 0 Å². The number of carboxylic acid groups (broad SMARTS) is 1. The number of benzene rings is 2. The third-order valence-corrected chi connectivity index (χ3v) is 3.39. The first-order chi connectivity index (χ1) is 11.8. The maximum Gasteiger partial charge on any atom is 0.416 e. The molecule has 0 saturated heterocycles. The van der Waals surface area contributed by atoms with E-state index in [0.29, 0.717) is 0 Å². The van der Waals surface area contributed by atoms with Crippen molar-refractivity contribution in [2.45, 2.75) is 6.18 Å². The lowest BCUT2D eigenvalue weighted by Gasteiger charge is -2.05. The number of phenols is 1. The zero-order valence-corrected chi connectivity index (χ0v) is 12.3. The predicted molar refractivity (Wildman–Crippen MR) is 78.8 cm³/mol. The molecule has 0 aliphatic carbocycles. The number of rotatable bonds is 3. The second-order valence-electron chi connectivity index (χ2n) is 5.01. The zero-order chi connectivity index (χ0) is 18.2. The zero-order valence-electron chi connectivity index (χ0n) is 12.3. The van der Waals surface area contributed by atoms with Crippen molar-refractivity contribution in [3.63, 3.8) is 0 Å². The number of aromatic nitrogens is 2. The van der Waals surface area contributed by atoms with Crippen molar-refractivity contribution >= 4 is 5.97 Å². The van der Waals surface area contributed by atoms with E-state index < -0.39 is 23.5 Å². The molecule has 3 aromatic rings. The lowest BCUT2D eigenvalue weighted by molar-refractivity contribution is -0.137. The number of carboxylic acids is 1. The molecule has 25 heavy (non-hydrogen) atoms. The minimum absolute atomic E-state index is 0.0295. The van der Waals surface area contributed by atoms with Gasteiger partial charge in [0.2, 0.25) is 5.82 Å². The van der Waals surface area contributed by atoms with Crippen molar-refractivity contribution in [3.8, 4) is 28.6 Å². The highest BCUT2D eigenvalue weighted by Gasteiger charge is 2.30. The van der Waals surface area contributed by atoms with Crippen LogP contribution in [0.25, 0.3) is 22.8 Å². The molecule has 0 bridgehead atoms. The van der Waals surface area contributed by atoms with Crippen LogP contribution in [0.1, 0.15) is 15.9 Å². The smallest absolute Gasteiger partial charge is 0.416 e. The maximum absolute atomic E-state index is 12.6. The molecule has 0 saturated carbocycles. The van der Waals surface area contributed by atoms with Crippen molar-refractivity contribution in [2.75, 3.05) is 0 Å². The first kappa shape index (κ1) is 16.5. The Balaban J connectivity index is 1.96. The lowest BCUT2D eigenvalue weighted by Crippen LogP contribution is -2.03. The fourth-order valence-corrected chi connectivity index (χ4v) is 2.15. The third-order valence-electron chi connectivity index (χ3n) is 3.39. The Bertz CT molecular complexity index is 933. The van der Waals surface area contributed by atoms with Crippen LogP contribution in [0.15, 0.2) is 47.0 Å². The minimum Gasteiger partial charge on any atom is -0.506 e. The Hall–Kier alpha value is -3.36. The molecule has 0 spiro atoms. The van der Waals surface area contributed by atoms with Crippen molar-refractivity contribution in [1.29, 1.82) is 0 Å². The fourth-order valence-electron chi connectivity index (χ4n) is 2.15. The van der Waals surface area contributed by atoms with Gasteiger partial charge in [0.15, 0.2) is 0 Å². The molecular formula is C16H9F3N2O4. The molecule has 0 fully saturated rings. The molecule has 0 amide bonds. The summed E-state index contributed by atoms with van der Waals surface area (Å²) in [5.41, 5.74) is -0.872. The molecule has 0 aliphatic heterocycles. The summed E-state index contributed by atoms with van der Waals surface area (Å²) in [5, 5.41) is 22.6. The van der Waals surface area contributed by atoms with Gasteiger partial charge in [-0.2, -0.15) is 18.2 Å². The molecule has 1 heterocycles. The van der Waals surface area contributed by atoms with Crippen molar-refractivity contribution in [2.24, 2.45) is 0 Å². The Kier molecular flexibility index (Phi) is 3.91. The summed E-state index contributed by atoms with van der Waals surface area (Å²) in [6.45, 7) is 0. The summed E-state index contributed by atoms with van der Waals surface area (Å²) >= 11 is 0. The van der Waals surface area contributed by atoms with Crippen LogP contribution in [-0.4, -0.2) is 26.3 Å². The van der Waals surface area contributed by atoms with Gasteiger partial charge in [0.05, 0.1) is 11.1 Å².